The molecule has 0 saturated carbocycles. The van der Waals surface area contributed by atoms with Crippen LogP contribution in [-0.2, 0) is 13.5 Å². The van der Waals surface area contributed by atoms with Crippen molar-refractivity contribution in [3.8, 4) is 0 Å². The average Bonchev–Trinajstić information content (AvgIpc) is 2.78. The minimum Gasteiger partial charge on any atom is -0.352 e. The van der Waals surface area contributed by atoms with E-state index in [-0.39, 0.29) is 5.91 Å². The number of nitrogens with one attached hydrogen (secondary N) is 1. The van der Waals surface area contributed by atoms with Crippen LogP contribution in [0.2, 0.25) is 0 Å². The molecule has 1 N–H and O–H groups in total. The van der Waals surface area contributed by atoms with E-state index in [1.165, 1.54) is 0 Å². The number of carbonyl (C=O) groups excluding carboxylic acids is 1. The Kier molecular flexibility index (Phi) is 4.76. The van der Waals surface area contributed by atoms with E-state index in [1.54, 1.807) is 12.3 Å². The molecular weight excluding hydrogens is 374 g/mol. The molecule has 0 aliphatic rings. The van der Waals surface area contributed by atoms with E-state index in [0.717, 1.165) is 14.8 Å². The summed E-state index contributed by atoms with van der Waals surface area (Å²) in [4.78, 5) is 16.3. The van der Waals surface area contributed by atoms with Crippen LogP contribution >= 0.6 is 31.9 Å². The Morgan fingerprint density at radius 1 is 1.42 bits per heavy atom. The second-order valence-corrected chi connectivity index (χ2v) is 5.85. The molecule has 0 aliphatic carbocycles. The molecule has 0 saturated heterocycles. The molecule has 0 bridgehead atoms. The second-order valence-electron chi connectivity index (χ2n) is 4.08. The fraction of sp³-hybridized carbons (Fsp3) is 0.231. The van der Waals surface area contributed by atoms with Crippen LogP contribution in [0.5, 0.6) is 0 Å². The van der Waals surface area contributed by atoms with E-state index < -0.39 is 0 Å². The van der Waals surface area contributed by atoms with Crippen molar-refractivity contribution in [1.82, 2.24) is 14.9 Å². The number of imidazole rings is 1. The first-order valence-electron chi connectivity index (χ1n) is 5.77. The Labute approximate surface area is 128 Å². The number of nitrogens with zero attached hydrogens (tertiary/aromatic N) is 2. The van der Waals surface area contributed by atoms with Crippen molar-refractivity contribution in [2.45, 2.75) is 6.42 Å². The highest BCUT2D eigenvalue weighted by Gasteiger charge is 2.10. The summed E-state index contributed by atoms with van der Waals surface area (Å²) in [6.45, 7) is 0.558. The van der Waals surface area contributed by atoms with Gasteiger partial charge in [-0.15, -0.1) is 0 Å². The lowest BCUT2D eigenvalue weighted by molar-refractivity contribution is 0.0953. The van der Waals surface area contributed by atoms with Crippen molar-refractivity contribution in [2.75, 3.05) is 6.54 Å². The minimum absolute atomic E-state index is 0.0950. The van der Waals surface area contributed by atoms with Gasteiger partial charge in [-0.05, 0) is 34.1 Å². The molecular formula is C13H13Br2N3O. The molecule has 0 atom stereocenters. The molecule has 4 nitrogen and oxygen atoms in total. The predicted octanol–water partition coefficient (Wildman–Crippen LogP) is 2.92. The van der Waals surface area contributed by atoms with Crippen LogP contribution in [0, 0.1) is 0 Å². The number of aromatic nitrogens is 2. The molecule has 2 aromatic rings. The third-order valence-electron chi connectivity index (χ3n) is 2.73. The summed E-state index contributed by atoms with van der Waals surface area (Å²) in [5.74, 6) is 0.857. The molecule has 0 aliphatic heterocycles. The fourth-order valence-corrected chi connectivity index (χ4v) is 2.48. The Morgan fingerprint density at radius 2 is 2.21 bits per heavy atom. The van der Waals surface area contributed by atoms with Gasteiger partial charge in [0.15, 0.2) is 0 Å². The number of carbonyl (C=O) groups is 1. The predicted molar refractivity (Wildman–Crippen MR) is 81.1 cm³/mol. The van der Waals surface area contributed by atoms with Crippen molar-refractivity contribution in [2.24, 2.45) is 7.05 Å². The maximum absolute atomic E-state index is 12.0. The SMILES string of the molecule is Cn1ccnc1CCNC(=O)c1cc(Br)ccc1Br. The van der Waals surface area contributed by atoms with Crippen LogP contribution in [0.3, 0.4) is 0 Å². The summed E-state index contributed by atoms with van der Waals surface area (Å²) in [6, 6.07) is 5.52. The molecule has 1 amide bonds. The van der Waals surface area contributed by atoms with Crippen molar-refractivity contribution in [1.29, 1.82) is 0 Å². The van der Waals surface area contributed by atoms with Crippen LogP contribution in [0.25, 0.3) is 0 Å². The Hall–Kier alpha value is -1.14. The lowest BCUT2D eigenvalue weighted by Gasteiger charge is -2.07. The van der Waals surface area contributed by atoms with Gasteiger partial charge in [-0.2, -0.15) is 0 Å². The second kappa shape index (κ2) is 6.34. The summed E-state index contributed by atoms with van der Waals surface area (Å²) < 4.78 is 3.61. The maximum Gasteiger partial charge on any atom is 0.252 e. The zero-order valence-corrected chi connectivity index (χ0v) is 13.5. The Balaban J connectivity index is 1.94. The highest BCUT2D eigenvalue weighted by Crippen LogP contribution is 2.21. The Bertz CT molecular complexity index is 595. The zero-order chi connectivity index (χ0) is 13.8. The topological polar surface area (TPSA) is 46.9 Å². The number of hydrogen-bond donors (Lipinski definition) is 1. The molecule has 1 heterocycles. The number of benzene rings is 1. The van der Waals surface area contributed by atoms with E-state index in [4.69, 9.17) is 0 Å². The molecule has 0 spiro atoms. The number of halogens is 2. The maximum atomic E-state index is 12.0. The van der Waals surface area contributed by atoms with E-state index in [1.807, 2.05) is 29.9 Å². The summed E-state index contributed by atoms with van der Waals surface area (Å²) in [5.41, 5.74) is 0.620. The van der Waals surface area contributed by atoms with Crippen LogP contribution in [0.15, 0.2) is 39.5 Å². The molecule has 100 valence electrons. The minimum atomic E-state index is -0.0950. The molecule has 1 aromatic heterocycles. The fourth-order valence-electron chi connectivity index (χ4n) is 1.69. The van der Waals surface area contributed by atoms with Gasteiger partial charge in [-0.25, -0.2) is 4.98 Å². The normalized spacial score (nSPS) is 10.5. The lowest BCUT2D eigenvalue weighted by Crippen LogP contribution is -2.26. The third kappa shape index (κ3) is 3.67. The number of amides is 1. The van der Waals surface area contributed by atoms with Crippen LogP contribution in [0.1, 0.15) is 16.2 Å². The molecule has 6 heteroatoms. The van der Waals surface area contributed by atoms with Gasteiger partial charge in [0.2, 0.25) is 0 Å². The Morgan fingerprint density at radius 3 is 2.89 bits per heavy atom. The van der Waals surface area contributed by atoms with Crippen LogP contribution in [0.4, 0.5) is 0 Å². The summed E-state index contributed by atoms with van der Waals surface area (Å²) in [6.07, 6.45) is 4.35. The smallest absolute Gasteiger partial charge is 0.252 e. The summed E-state index contributed by atoms with van der Waals surface area (Å²) in [7, 11) is 1.94. The number of aryl methyl sites for hydroxylation is 1. The van der Waals surface area contributed by atoms with E-state index in [0.29, 0.717) is 18.5 Å². The van der Waals surface area contributed by atoms with Gasteiger partial charge in [0.1, 0.15) is 5.82 Å². The lowest BCUT2D eigenvalue weighted by atomic mass is 10.2. The van der Waals surface area contributed by atoms with Gasteiger partial charge in [0.05, 0.1) is 5.56 Å². The molecule has 19 heavy (non-hydrogen) atoms. The standard InChI is InChI=1S/C13H13Br2N3O/c1-18-7-6-16-12(18)4-5-17-13(19)10-8-9(14)2-3-11(10)15/h2-3,6-8H,4-5H2,1H3,(H,17,19). The van der Waals surface area contributed by atoms with Crippen LogP contribution in [-0.4, -0.2) is 22.0 Å². The van der Waals surface area contributed by atoms with Gasteiger partial charge in [0.25, 0.3) is 5.91 Å². The monoisotopic (exact) mass is 385 g/mol. The van der Waals surface area contributed by atoms with Crippen molar-refractivity contribution < 1.29 is 4.79 Å². The van der Waals surface area contributed by atoms with Gasteiger partial charge in [-0.1, -0.05) is 15.9 Å². The van der Waals surface area contributed by atoms with Gasteiger partial charge in [-0.3, -0.25) is 4.79 Å². The third-order valence-corrected chi connectivity index (χ3v) is 3.91. The number of rotatable bonds is 4. The van der Waals surface area contributed by atoms with Crippen molar-refractivity contribution >= 4 is 37.8 Å². The van der Waals surface area contributed by atoms with Crippen molar-refractivity contribution in [3.63, 3.8) is 0 Å². The van der Waals surface area contributed by atoms with Crippen LogP contribution < -0.4 is 5.32 Å². The molecule has 0 radical (unpaired) electrons. The molecule has 2 rings (SSSR count). The first-order valence-corrected chi connectivity index (χ1v) is 7.36. The summed E-state index contributed by atoms with van der Waals surface area (Å²) >= 11 is 6.73. The summed E-state index contributed by atoms with van der Waals surface area (Å²) in [5, 5.41) is 2.89. The molecule has 1 aromatic carbocycles. The largest absolute Gasteiger partial charge is 0.352 e. The van der Waals surface area contributed by atoms with E-state index >= 15 is 0 Å². The van der Waals surface area contributed by atoms with Gasteiger partial charge >= 0.3 is 0 Å². The molecule has 0 fully saturated rings. The average molecular weight is 387 g/mol. The van der Waals surface area contributed by atoms with Gasteiger partial charge in [0, 0.05) is 41.4 Å². The van der Waals surface area contributed by atoms with Crippen molar-refractivity contribution in [3.05, 3.63) is 50.9 Å². The highest BCUT2D eigenvalue weighted by atomic mass is 79.9. The van der Waals surface area contributed by atoms with E-state index in [2.05, 4.69) is 42.2 Å². The first kappa shape index (κ1) is 14.3. The number of hydrogen-bond acceptors (Lipinski definition) is 2. The van der Waals surface area contributed by atoms with E-state index in [9.17, 15) is 4.79 Å². The quantitative estimate of drug-likeness (QED) is 0.878. The first-order chi connectivity index (χ1) is 9.08. The van der Waals surface area contributed by atoms with Gasteiger partial charge < -0.3 is 9.88 Å². The molecule has 0 unspecified atom stereocenters. The highest BCUT2D eigenvalue weighted by molar-refractivity contribution is 9.11. The zero-order valence-electron chi connectivity index (χ0n) is 10.4.